The Labute approximate surface area is 230 Å². The Morgan fingerprint density at radius 3 is 2.72 bits per heavy atom. The number of hydrogen-bond acceptors (Lipinski definition) is 8. The molecule has 200 valence electrons. The van der Waals surface area contributed by atoms with Crippen LogP contribution in [0.15, 0.2) is 42.7 Å². The van der Waals surface area contributed by atoms with Gasteiger partial charge in [0, 0.05) is 35.4 Å². The van der Waals surface area contributed by atoms with Crippen molar-refractivity contribution in [2.24, 2.45) is 0 Å². The molecule has 4 aromatic rings. The molecule has 0 bridgehead atoms. The van der Waals surface area contributed by atoms with Gasteiger partial charge in [0.05, 0.1) is 42.1 Å². The number of benzene rings is 1. The summed E-state index contributed by atoms with van der Waals surface area (Å²) < 4.78 is 27.6. The third-order valence-electron chi connectivity index (χ3n) is 7.41. The van der Waals surface area contributed by atoms with E-state index in [1.165, 1.54) is 6.07 Å². The molecule has 1 atom stereocenters. The van der Waals surface area contributed by atoms with Crippen molar-refractivity contribution in [2.75, 3.05) is 19.7 Å². The van der Waals surface area contributed by atoms with Gasteiger partial charge in [0.2, 0.25) is 0 Å². The van der Waals surface area contributed by atoms with Crippen molar-refractivity contribution in [3.8, 4) is 12.1 Å². The van der Waals surface area contributed by atoms with Crippen LogP contribution in [0.25, 0.3) is 11.0 Å². The lowest BCUT2D eigenvalue weighted by atomic mass is 9.93. The fraction of sp³-hybridized carbons (Fsp3) is 0.393. The molecule has 0 spiro atoms. The molecular formula is C28H27ClFN7O2. The van der Waals surface area contributed by atoms with Crippen LogP contribution < -0.4 is 4.74 Å². The van der Waals surface area contributed by atoms with Gasteiger partial charge in [0.25, 0.3) is 0 Å². The van der Waals surface area contributed by atoms with E-state index in [0.717, 1.165) is 68.1 Å². The lowest BCUT2D eigenvalue weighted by molar-refractivity contribution is -0.0592. The molecule has 39 heavy (non-hydrogen) atoms. The summed E-state index contributed by atoms with van der Waals surface area (Å²) in [6.07, 6.45) is 6.53. The molecule has 2 saturated heterocycles. The molecule has 1 aromatic carbocycles. The van der Waals surface area contributed by atoms with Crippen LogP contribution in [0.3, 0.4) is 0 Å². The Hall–Kier alpha value is -3.65. The van der Waals surface area contributed by atoms with Crippen LogP contribution in [0.1, 0.15) is 48.0 Å². The minimum absolute atomic E-state index is 0.0309. The number of ether oxygens (including phenoxy) is 2. The van der Waals surface area contributed by atoms with Crippen molar-refractivity contribution in [2.45, 2.75) is 51.0 Å². The zero-order chi connectivity index (χ0) is 26.8. The normalized spacial score (nSPS) is 18.1. The highest BCUT2D eigenvalue weighted by Crippen LogP contribution is 2.29. The molecule has 2 aliphatic heterocycles. The molecule has 0 unspecified atom stereocenters. The molecule has 0 radical (unpaired) electrons. The monoisotopic (exact) mass is 547 g/mol. The molecule has 0 aliphatic carbocycles. The molecule has 0 saturated carbocycles. The largest absolute Gasteiger partial charge is 0.458 e. The summed E-state index contributed by atoms with van der Waals surface area (Å²) in [4.78, 5) is 20.4. The van der Waals surface area contributed by atoms with Crippen LogP contribution in [0, 0.1) is 17.1 Å². The number of imidazole rings is 1. The van der Waals surface area contributed by atoms with E-state index < -0.39 is 5.82 Å². The second-order valence-electron chi connectivity index (χ2n) is 9.93. The number of hydrogen-bond donors (Lipinski definition) is 0. The molecule has 6 rings (SSSR count). The van der Waals surface area contributed by atoms with E-state index in [9.17, 15) is 9.65 Å². The summed E-state index contributed by atoms with van der Waals surface area (Å²) in [6, 6.07) is 10.5. The number of piperidine rings is 1. The number of aromatic nitrogens is 5. The summed E-state index contributed by atoms with van der Waals surface area (Å²) in [7, 11) is 0. The molecule has 2 fully saturated rings. The maximum Gasteiger partial charge on any atom is 0.316 e. The van der Waals surface area contributed by atoms with Crippen LogP contribution in [0.2, 0.25) is 5.02 Å². The van der Waals surface area contributed by atoms with Gasteiger partial charge >= 0.3 is 6.01 Å². The number of rotatable bonds is 8. The number of halogens is 2. The first-order chi connectivity index (χ1) is 19.1. The number of nitrogens with zero attached hydrogens (tertiary/aromatic N) is 7. The lowest BCUT2D eigenvalue weighted by Gasteiger charge is -2.32. The molecule has 11 heteroatoms. The van der Waals surface area contributed by atoms with Crippen molar-refractivity contribution < 1.29 is 13.9 Å². The van der Waals surface area contributed by atoms with Gasteiger partial charge in [-0.3, -0.25) is 4.90 Å². The standard InChI is InChI=1S/C28H27ClFN7O2/c29-20-2-1-19(23(30)11-20)17-39-28-32-7-3-24(35-28)18-4-8-36(9-5-18)16-27-34-25-12-21(13-31)33-14-26(25)37(27)15-22-6-10-38-22/h1-3,7,11-12,14,18,22H,4-6,8-10,15-17H2/t22-/m0/s1. The lowest BCUT2D eigenvalue weighted by Crippen LogP contribution is -2.35. The van der Waals surface area contributed by atoms with E-state index in [2.05, 4.69) is 30.5 Å². The second-order valence-corrected chi connectivity index (χ2v) is 10.4. The molecule has 3 aromatic heterocycles. The summed E-state index contributed by atoms with van der Waals surface area (Å²) in [5.74, 6) is 0.827. The van der Waals surface area contributed by atoms with Crippen LogP contribution >= 0.6 is 11.6 Å². The van der Waals surface area contributed by atoms with E-state index in [0.29, 0.717) is 22.8 Å². The average Bonchev–Trinajstić information content (AvgIpc) is 3.26. The van der Waals surface area contributed by atoms with Crippen LogP contribution in [0.4, 0.5) is 4.39 Å². The Morgan fingerprint density at radius 2 is 1.97 bits per heavy atom. The number of likely N-dealkylation sites (tertiary alicyclic amines) is 1. The zero-order valence-electron chi connectivity index (χ0n) is 21.3. The number of nitriles is 1. The Balaban J connectivity index is 1.10. The number of fused-ring (bicyclic) bond motifs is 1. The van der Waals surface area contributed by atoms with Gasteiger partial charge in [-0.15, -0.1) is 0 Å². The van der Waals surface area contributed by atoms with Crippen molar-refractivity contribution in [1.82, 2.24) is 29.4 Å². The zero-order valence-corrected chi connectivity index (χ0v) is 22.0. The predicted molar refractivity (Wildman–Crippen MR) is 142 cm³/mol. The van der Waals surface area contributed by atoms with Gasteiger partial charge in [-0.05, 0) is 50.6 Å². The fourth-order valence-corrected chi connectivity index (χ4v) is 5.27. The minimum atomic E-state index is -0.415. The topological polar surface area (TPSA) is 102 Å². The highest BCUT2D eigenvalue weighted by atomic mass is 35.5. The van der Waals surface area contributed by atoms with Gasteiger partial charge < -0.3 is 14.0 Å². The first-order valence-electron chi connectivity index (χ1n) is 13.0. The minimum Gasteiger partial charge on any atom is -0.458 e. The van der Waals surface area contributed by atoms with Gasteiger partial charge in [0.15, 0.2) is 0 Å². The maximum absolute atomic E-state index is 14.1. The van der Waals surface area contributed by atoms with Crippen molar-refractivity contribution in [3.63, 3.8) is 0 Å². The third-order valence-corrected chi connectivity index (χ3v) is 7.64. The molecular weight excluding hydrogens is 521 g/mol. The average molecular weight is 548 g/mol. The first kappa shape index (κ1) is 25.6. The summed E-state index contributed by atoms with van der Waals surface area (Å²) >= 11 is 5.83. The van der Waals surface area contributed by atoms with Gasteiger partial charge in [-0.2, -0.15) is 10.2 Å². The van der Waals surface area contributed by atoms with E-state index in [1.54, 1.807) is 30.6 Å². The molecule has 9 nitrogen and oxygen atoms in total. The highest BCUT2D eigenvalue weighted by Gasteiger charge is 2.26. The van der Waals surface area contributed by atoms with Crippen molar-refractivity contribution in [1.29, 1.82) is 5.26 Å². The van der Waals surface area contributed by atoms with Crippen molar-refractivity contribution >= 4 is 22.6 Å². The highest BCUT2D eigenvalue weighted by molar-refractivity contribution is 6.30. The van der Waals surface area contributed by atoms with Crippen LogP contribution in [-0.2, 0) is 24.4 Å². The first-order valence-corrected chi connectivity index (χ1v) is 13.4. The summed E-state index contributed by atoms with van der Waals surface area (Å²) in [5.41, 5.74) is 3.42. The van der Waals surface area contributed by atoms with Gasteiger partial charge in [-0.25, -0.2) is 19.3 Å². The summed E-state index contributed by atoms with van der Waals surface area (Å²) in [5, 5.41) is 9.60. The maximum atomic E-state index is 14.1. The molecule has 0 amide bonds. The molecule has 2 aliphatic rings. The van der Waals surface area contributed by atoms with Crippen molar-refractivity contribution in [3.05, 3.63) is 76.3 Å². The second kappa shape index (κ2) is 11.2. The van der Waals surface area contributed by atoms with Crippen LogP contribution in [0.5, 0.6) is 6.01 Å². The van der Waals surface area contributed by atoms with Gasteiger partial charge in [0.1, 0.15) is 30.0 Å². The Morgan fingerprint density at radius 1 is 1.13 bits per heavy atom. The van der Waals surface area contributed by atoms with E-state index in [-0.39, 0.29) is 24.6 Å². The SMILES string of the molecule is N#Cc1cc2nc(CN3CCC(c4ccnc(OCc5ccc(Cl)cc5F)n4)CC3)n(C[C@@H]3CCO3)c2cn1. The quantitative estimate of drug-likeness (QED) is 0.314. The Bertz CT molecular complexity index is 1530. The van der Waals surface area contributed by atoms with Crippen LogP contribution in [-0.4, -0.2) is 55.2 Å². The molecule has 5 heterocycles. The van der Waals surface area contributed by atoms with Gasteiger partial charge in [-0.1, -0.05) is 17.7 Å². The number of pyridine rings is 1. The Kier molecular flexibility index (Phi) is 7.37. The summed E-state index contributed by atoms with van der Waals surface area (Å²) in [6.45, 7) is 4.06. The third kappa shape index (κ3) is 5.71. The predicted octanol–water partition coefficient (Wildman–Crippen LogP) is 4.63. The van der Waals surface area contributed by atoms with E-state index >= 15 is 0 Å². The van der Waals surface area contributed by atoms with E-state index in [4.69, 9.17) is 26.1 Å². The smallest absolute Gasteiger partial charge is 0.316 e. The fourth-order valence-electron chi connectivity index (χ4n) is 5.11. The molecule has 0 N–H and O–H groups in total. The van der Waals surface area contributed by atoms with E-state index in [1.807, 2.05) is 6.07 Å².